The normalized spacial score (nSPS) is 11.8. The van der Waals surface area contributed by atoms with Crippen LogP contribution in [0.2, 0.25) is 0 Å². The number of unbranched alkanes of at least 4 members (excludes halogenated alkanes) is 1. The molecule has 0 spiro atoms. The molecule has 2 aliphatic rings. The molecule has 280 valence electrons. The number of anilines is 1. The summed E-state index contributed by atoms with van der Waals surface area (Å²) < 4.78 is 0. The number of aryl methyl sites for hydroxylation is 3. The van der Waals surface area contributed by atoms with E-state index in [9.17, 15) is 5.11 Å². The maximum absolute atomic E-state index is 9.23. The molecule has 3 aromatic heterocycles. The van der Waals surface area contributed by atoms with E-state index in [2.05, 4.69) is 172 Å². The molecule has 0 saturated carbocycles. The van der Waals surface area contributed by atoms with Crippen LogP contribution in [-0.2, 0) is 19.5 Å². The van der Waals surface area contributed by atoms with Crippen molar-refractivity contribution in [2.24, 2.45) is 0 Å². The molecule has 0 radical (unpaired) electrons. The van der Waals surface area contributed by atoms with Gasteiger partial charge in [0.25, 0.3) is 0 Å². The predicted octanol–water partition coefficient (Wildman–Crippen LogP) is 11.7. The van der Waals surface area contributed by atoms with Gasteiger partial charge >= 0.3 is 19.5 Å². The van der Waals surface area contributed by atoms with Gasteiger partial charge in [0.1, 0.15) is 0 Å². The summed E-state index contributed by atoms with van der Waals surface area (Å²) in [4.78, 5) is 21.6. The van der Waals surface area contributed by atoms with Crippen molar-refractivity contribution in [2.45, 2.75) is 33.6 Å². The first-order valence-corrected chi connectivity index (χ1v) is 19.6. The largest absolute Gasteiger partial charge is 2.00 e. The van der Waals surface area contributed by atoms with Gasteiger partial charge in [-0.3, -0.25) is 0 Å². The Morgan fingerprint density at radius 2 is 0.741 bits per heavy atom. The summed E-state index contributed by atoms with van der Waals surface area (Å²) in [6, 6.07) is 42.7. The maximum atomic E-state index is 9.23. The van der Waals surface area contributed by atoms with Crippen molar-refractivity contribution >= 4 is 52.1 Å². The number of aliphatic hydroxyl groups is 1. The van der Waals surface area contributed by atoms with Crippen LogP contribution in [0.1, 0.15) is 52.3 Å². The average molecular weight is 807 g/mol. The summed E-state index contributed by atoms with van der Waals surface area (Å²) in [5.41, 5.74) is 19.4. The van der Waals surface area contributed by atoms with Crippen LogP contribution in [0.5, 0.6) is 0 Å². The molecular weight excluding hydrogens is 764 g/mol. The Morgan fingerprint density at radius 3 is 1.05 bits per heavy atom. The maximum Gasteiger partial charge on any atom is 2.00 e. The molecule has 0 saturated heterocycles. The number of hydrogen-bond donors (Lipinski definition) is 2. The second-order valence-corrected chi connectivity index (χ2v) is 14.9. The van der Waals surface area contributed by atoms with Crippen molar-refractivity contribution in [3.63, 3.8) is 0 Å². The Bertz CT molecular complexity index is 2790. The molecule has 58 heavy (non-hydrogen) atoms. The zero-order chi connectivity index (χ0) is 38.9. The SMILES string of the molecule is Cc1ccc(-c2c3nc(c(-c4ccc(C)cc4)c4ccc([n-]4)c(-c4ccc(NCCCCO)cc4)c4nc(c(-c5ccc(C)cc5)c5ccc2[n-]5)C=C4)C=C3)cc1.[Zn+2]. The van der Waals surface area contributed by atoms with E-state index in [4.69, 9.17) is 19.9 Å². The molecule has 0 amide bonds. The van der Waals surface area contributed by atoms with E-state index in [1.165, 1.54) is 16.7 Å². The Hall–Kier alpha value is -6.14. The smallest absolute Gasteiger partial charge is 0.657 e. The standard InChI is InChI=1S/C51H43N5O.Zn/c1-32-6-12-35(13-7-32)48-40-22-24-42(53-40)49(36-14-8-33(2)9-15-36)44-26-28-46(55-44)51(38-18-20-39(21-19-38)52-30-4-5-31-57)47-29-27-45(56-47)50(43-25-23-41(48)54-43)37-16-10-34(3)11-17-37;/h6-29,52,57H,4-5,30-31H2,1-3H3;/q-2;+2. The molecule has 7 heteroatoms. The minimum atomic E-state index is 0. The number of rotatable bonds is 9. The monoisotopic (exact) mass is 805 g/mol. The van der Waals surface area contributed by atoms with Gasteiger partial charge in [-0.05, 0) is 115 Å². The van der Waals surface area contributed by atoms with Crippen molar-refractivity contribution in [1.82, 2.24) is 19.9 Å². The number of benzene rings is 4. The fourth-order valence-corrected chi connectivity index (χ4v) is 7.66. The molecule has 0 unspecified atom stereocenters. The van der Waals surface area contributed by atoms with E-state index >= 15 is 0 Å². The zero-order valence-electron chi connectivity index (χ0n) is 33.1. The van der Waals surface area contributed by atoms with Crippen molar-refractivity contribution in [3.05, 3.63) is 161 Å². The third kappa shape index (κ3) is 7.76. The molecule has 5 heterocycles. The van der Waals surface area contributed by atoms with Crippen LogP contribution < -0.4 is 15.3 Å². The minimum absolute atomic E-state index is 0. The molecule has 0 aliphatic carbocycles. The molecule has 2 N–H and O–H groups in total. The average Bonchev–Trinajstić information content (AvgIpc) is 4.07. The first-order valence-electron chi connectivity index (χ1n) is 19.6. The number of aromatic nitrogens is 4. The Balaban J connectivity index is 0.00000469. The van der Waals surface area contributed by atoms with Gasteiger partial charge in [-0.2, -0.15) is 0 Å². The van der Waals surface area contributed by atoms with Crippen molar-refractivity contribution < 1.29 is 24.6 Å². The Morgan fingerprint density at radius 1 is 0.431 bits per heavy atom. The van der Waals surface area contributed by atoms with Gasteiger partial charge in [0.2, 0.25) is 0 Å². The quantitative estimate of drug-likeness (QED) is 0.112. The molecule has 7 aromatic rings. The van der Waals surface area contributed by atoms with Crippen LogP contribution in [0, 0.1) is 20.8 Å². The molecular formula is C51H43N5OZn. The van der Waals surface area contributed by atoms with Crippen LogP contribution in [0.3, 0.4) is 0 Å². The van der Waals surface area contributed by atoms with Gasteiger partial charge in [0, 0.05) is 18.8 Å². The van der Waals surface area contributed by atoms with E-state index in [-0.39, 0.29) is 26.1 Å². The van der Waals surface area contributed by atoms with Crippen LogP contribution >= 0.6 is 0 Å². The van der Waals surface area contributed by atoms with E-state index < -0.39 is 0 Å². The second kappa shape index (κ2) is 16.8. The number of nitrogens with zero attached hydrogens (tertiary/aromatic N) is 4. The summed E-state index contributed by atoms with van der Waals surface area (Å²) in [6.07, 6.45) is 10.1. The van der Waals surface area contributed by atoms with Gasteiger partial charge in [-0.1, -0.05) is 126 Å². The summed E-state index contributed by atoms with van der Waals surface area (Å²) in [5.74, 6) is 0. The molecule has 6 nitrogen and oxygen atoms in total. The van der Waals surface area contributed by atoms with Crippen LogP contribution in [0.15, 0.2) is 121 Å². The van der Waals surface area contributed by atoms with Crippen molar-refractivity contribution in [1.29, 1.82) is 0 Å². The molecule has 2 aliphatic heterocycles. The topological polar surface area (TPSA) is 86.2 Å². The Labute approximate surface area is 352 Å². The summed E-state index contributed by atoms with van der Waals surface area (Å²) >= 11 is 0. The predicted molar refractivity (Wildman–Crippen MR) is 238 cm³/mol. The fourth-order valence-electron chi connectivity index (χ4n) is 7.66. The number of nitrogens with one attached hydrogen (secondary N) is 1. The number of fused-ring (bicyclic) bond motifs is 8. The van der Waals surface area contributed by atoms with Gasteiger partial charge in [-0.15, -0.1) is 22.1 Å². The van der Waals surface area contributed by atoms with Crippen LogP contribution in [0.4, 0.5) is 5.69 Å². The van der Waals surface area contributed by atoms with E-state index in [1.54, 1.807) is 0 Å². The van der Waals surface area contributed by atoms with Gasteiger partial charge < -0.3 is 20.4 Å². The summed E-state index contributed by atoms with van der Waals surface area (Å²) in [5, 5.41) is 12.7. The Kier molecular flexibility index (Phi) is 11.2. The van der Waals surface area contributed by atoms with Crippen molar-refractivity contribution in [3.8, 4) is 44.5 Å². The van der Waals surface area contributed by atoms with E-state index in [0.717, 1.165) is 114 Å². The molecule has 8 bridgehead atoms. The van der Waals surface area contributed by atoms with Gasteiger partial charge in [0.15, 0.2) is 0 Å². The molecule has 0 fully saturated rings. The zero-order valence-corrected chi connectivity index (χ0v) is 36.1. The summed E-state index contributed by atoms with van der Waals surface area (Å²) in [7, 11) is 0. The minimum Gasteiger partial charge on any atom is -0.657 e. The van der Waals surface area contributed by atoms with Gasteiger partial charge in [0.05, 0.1) is 22.8 Å². The number of aliphatic hydroxyl groups excluding tert-OH is 1. The first kappa shape index (κ1) is 38.7. The molecule has 9 rings (SSSR count). The van der Waals surface area contributed by atoms with Crippen molar-refractivity contribution in [2.75, 3.05) is 18.5 Å². The van der Waals surface area contributed by atoms with Crippen LogP contribution in [0.25, 0.3) is 90.9 Å². The van der Waals surface area contributed by atoms with Crippen LogP contribution in [-0.4, -0.2) is 28.2 Å². The molecule has 4 aromatic carbocycles. The van der Waals surface area contributed by atoms with E-state index in [1.807, 2.05) is 0 Å². The molecule has 0 atom stereocenters. The second-order valence-electron chi connectivity index (χ2n) is 14.9. The first-order chi connectivity index (χ1) is 27.9. The van der Waals surface area contributed by atoms with Gasteiger partial charge in [-0.25, -0.2) is 9.97 Å². The summed E-state index contributed by atoms with van der Waals surface area (Å²) in [6.45, 7) is 7.32. The van der Waals surface area contributed by atoms with E-state index in [0.29, 0.717) is 0 Å². The third-order valence-electron chi connectivity index (χ3n) is 10.7. The third-order valence-corrected chi connectivity index (χ3v) is 10.7. The fraction of sp³-hybridized carbons (Fsp3) is 0.137. The number of hydrogen-bond acceptors (Lipinski definition) is 4.